The lowest BCUT2D eigenvalue weighted by atomic mass is 9.96. The summed E-state index contributed by atoms with van der Waals surface area (Å²) in [7, 11) is -3.10. The number of nitrogens with one attached hydrogen (secondary N) is 1. The third-order valence-electron chi connectivity index (χ3n) is 5.79. The van der Waals surface area contributed by atoms with Crippen molar-refractivity contribution in [2.45, 2.75) is 51.5 Å². The molecule has 7 heteroatoms. The molecule has 1 N–H and O–H groups in total. The Labute approximate surface area is 161 Å². The average Bonchev–Trinajstić information content (AvgIpc) is 3.13. The van der Waals surface area contributed by atoms with Gasteiger partial charge in [0, 0.05) is 18.7 Å². The molecule has 1 aromatic rings. The SMILES string of the molecule is CCC(C)c1ccccc1N1CC(C(=O)NC2(C)CCS(=O)(=O)C2)CC1=O. The highest BCUT2D eigenvalue weighted by molar-refractivity contribution is 7.91. The topological polar surface area (TPSA) is 83.6 Å². The van der Waals surface area contributed by atoms with E-state index in [0.29, 0.717) is 18.9 Å². The van der Waals surface area contributed by atoms with E-state index in [9.17, 15) is 18.0 Å². The molecule has 3 rings (SSSR count). The van der Waals surface area contributed by atoms with E-state index in [4.69, 9.17) is 0 Å². The van der Waals surface area contributed by atoms with Crippen LogP contribution in [-0.2, 0) is 19.4 Å². The molecule has 3 atom stereocenters. The van der Waals surface area contributed by atoms with Gasteiger partial charge in [0.15, 0.2) is 9.84 Å². The molecule has 3 unspecified atom stereocenters. The number of carbonyl (C=O) groups excluding carboxylic acids is 2. The van der Waals surface area contributed by atoms with E-state index in [0.717, 1.165) is 17.7 Å². The molecule has 0 saturated carbocycles. The van der Waals surface area contributed by atoms with Gasteiger partial charge in [0.1, 0.15) is 0 Å². The van der Waals surface area contributed by atoms with Gasteiger partial charge in [-0.1, -0.05) is 32.0 Å². The second-order valence-corrected chi connectivity index (χ2v) is 10.3. The van der Waals surface area contributed by atoms with E-state index >= 15 is 0 Å². The summed E-state index contributed by atoms with van der Waals surface area (Å²) >= 11 is 0. The Morgan fingerprint density at radius 3 is 2.70 bits per heavy atom. The monoisotopic (exact) mass is 392 g/mol. The van der Waals surface area contributed by atoms with Gasteiger partial charge in [-0.2, -0.15) is 0 Å². The van der Waals surface area contributed by atoms with Crippen LogP contribution in [0.4, 0.5) is 5.69 Å². The molecule has 2 fully saturated rings. The van der Waals surface area contributed by atoms with E-state index in [1.165, 1.54) is 0 Å². The number of nitrogens with zero attached hydrogens (tertiary/aromatic N) is 1. The number of amides is 2. The smallest absolute Gasteiger partial charge is 0.227 e. The fourth-order valence-electron chi connectivity index (χ4n) is 3.99. The normalized spacial score (nSPS) is 28.3. The average molecular weight is 393 g/mol. The molecule has 2 heterocycles. The summed E-state index contributed by atoms with van der Waals surface area (Å²) in [6, 6.07) is 7.85. The van der Waals surface area contributed by atoms with Gasteiger partial charge in [-0.25, -0.2) is 8.42 Å². The summed E-state index contributed by atoms with van der Waals surface area (Å²) in [6.45, 7) is 6.34. The van der Waals surface area contributed by atoms with Gasteiger partial charge in [0.05, 0.1) is 23.0 Å². The lowest BCUT2D eigenvalue weighted by molar-refractivity contribution is -0.127. The van der Waals surface area contributed by atoms with E-state index in [2.05, 4.69) is 19.2 Å². The van der Waals surface area contributed by atoms with Crippen LogP contribution in [0.25, 0.3) is 0 Å². The second-order valence-electron chi connectivity index (χ2n) is 8.17. The number of rotatable bonds is 5. The van der Waals surface area contributed by atoms with E-state index in [-0.39, 0.29) is 29.7 Å². The van der Waals surface area contributed by atoms with Crippen molar-refractivity contribution >= 4 is 27.3 Å². The van der Waals surface area contributed by atoms with Gasteiger partial charge in [-0.3, -0.25) is 9.59 Å². The van der Waals surface area contributed by atoms with Crippen molar-refractivity contribution in [2.75, 3.05) is 23.0 Å². The second kappa shape index (κ2) is 7.26. The molecule has 0 aliphatic carbocycles. The zero-order valence-corrected chi connectivity index (χ0v) is 17.0. The minimum Gasteiger partial charge on any atom is -0.350 e. The first-order chi connectivity index (χ1) is 12.6. The van der Waals surface area contributed by atoms with Crippen molar-refractivity contribution in [2.24, 2.45) is 5.92 Å². The highest BCUT2D eigenvalue weighted by atomic mass is 32.2. The highest BCUT2D eigenvalue weighted by Crippen LogP contribution is 2.34. The van der Waals surface area contributed by atoms with Crippen LogP contribution in [0, 0.1) is 5.92 Å². The molecular weight excluding hydrogens is 364 g/mol. The molecule has 27 heavy (non-hydrogen) atoms. The minimum absolute atomic E-state index is 0.0348. The molecule has 0 spiro atoms. The number of sulfone groups is 1. The first-order valence-electron chi connectivity index (χ1n) is 9.56. The van der Waals surface area contributed by atoms with Crippen molar-refractivity contribution in [3.63, 3.8) is 0 Å². The molecule has 2 aliphatic heterocycles. The Balaban J connectivity index is 1.74. The molecule has 2 aliphatic rings. The van der Waals surface area contributed by atoms with Crippen LogP contribution in [0.5, 0.6) is 0 Å². The molecule has 2 amide bonds. The van der Waals surface area contributed by atoms with Crippen molar-refractivity contribution in [3.8, 4) is 0 Å². The van der Waals surface area contributed by atoms with E-state index in [1.54, 1.807) is 11.8 Å². The number of benzene rings is 1. The maximum Gasteiger partial charge on any atom is 0.227 e. The van der Waals surface area contributed by atoms with Gasteiger partial charge in [0.2, 0.25) is 11.8 Å². The quantitative estimate of drug-likeness (QED) is 0.833. The highest BCUT2D eigenvalue weighted by Gasteiger charge is 2.43. The van der Waals surface area contributed by atoms with E-state index in [1.807, 2.05) is 24.3 Å². The van der Waals surface area contributed by atoms with Crippen LogP contribution in [0.15, 0.2) is 24.3 Å². The van der Waals surface area contributed by atoms with Crippen molar-refractivity contribution < 1.29 is 18.0 Å². The van der Waals surface area contributed by atoms with Crippen LogP contribution in [-0.4, -0.2) is 43.8 Å². The summed E-state index contributed by atoms with van der Waals surface area (Å²) in [5.74, 6) is -0.358. The first-order valence-corrected chi connectivity index (χ1v) is 11.4. The van der Waals surface area contributed by atoms with Crippen LogP contribution >= 0.6 is 0 Å². The largest absolute Gasteiger partial charge is 0.350 e. The number of hydrogen-bond acceptors (Lipinski definition) is 4. The maximum absolute atomic E-state index is 12.7. The first kappa shape index (κ1) is 19.9. The van der Waals surface area contributed by atoms with Gasteiger partial charge in [-0.05, 0) is 37.3 Å². The van der Waals surface area contributed by atoms with Gasteiger partial charge in [-0.15, -0.1) is 0 Å². The minimum atomic E-state index is -3.10. The predicted molar refractivity (Wildman–Crippen MR) is 105 cm³/mol. The van der Waals surface area contributed by atoms with Gasteiger partial charge < -0.3 is 10.2 Å². The standard InChI is InChI=1S/C20H28N2O4S/c1-4-14(2)16-7-5-6-8-17(16)22-12-15(11-18(22)23)19(24)21-20(3)9-10-27(25,26)13-20/h5-8,14-15H,4,9-13H2,1-3H3,(H,21,24). The summed E-state index contributed by atoms with van der Waals surface area (Å²) in [5, 5.41) is 2.90. The Morgan fingerprint density at radius 1 is 1.37 bits per heavy atom. The summed E-state index contributed by atoms with van der Waals surface area (Å²) in [5.41, 5.74) is 1.26. The zero-order valence-electron chi connectivity index (χ0n) is 16.2. The Hall–Kier alpha value is -1.89. The van der Waals surface area contributed by atoms with Crippen molar-refractivity contribution in [1.29, 1.82) is 0 Å². The number of hydrogen-bond donors (Lipinski definition) is 1. The Kier molecular flexibility index (Phi) is 5.34. The fourth-order valence-corrected chi connectivity index (χ4v) is 6.09. The fraction of sp³-hybridized carbons (Fsp3) is 0.600. The summed E-state index contributed by atoms with van der Waals surface area (Å²) < 4.78 is 23.5. The molecule has 148 valence electrons. The van der Waals surface area contributed by atoms with Crippen LogP contribution in [0.3, 0.4) is 0 Å². The summed E-state index contributed by atoms with van der Waals surface area (Å²) in [6.07, 6.45) is 1.54. The number of anilines is 1. The maximum atomic E-state index is 12.7. The number of carbonyl (C=O) groups is 2. The van der Waals surface area contributed by atoms with Crippen LogP contribution in [0.1, 0.15) is 51.5 Å². The molecule has 6 nitrogen and oxygen atoms in total. The molecule has 1 aromatic carbocycles. The third kappa shape index (κ3) is 4.18. The predicted octanol–water partition coefficient (Wildman–Crippen LogP) is 2.25. The lowest BCUT2D eigenvalue weighted by Gasteiger charge is -2.26. The Bertz CT molecular complexity index is 851. The molecule has 0 bridgehead atoms. The van der Waals surface area contributed by atoms with Gasteiger partial charge in [0.25, 0.3) is 0 Å². The van der Waals surface area contributed by atoms with Gasteiger partial charge >= 0.3 is 0 Å². The molecule has 0 aromatic heterocycles. The third-order valence-corrected chi connectivity index (χ3v) is 7.70. The lowest BCUT2D eigenvalue weighted by Crippen LogP contribution is -2.49. The molecule has 2 saturated heterocycles. The molecular formula is C20H28N2O4S. The van der Waals surface area contributed by atoms with Crippen molar-refractivity contribution in [1.82, 2.24) is 5.32 Å². The zero-order chi connectivity index (χ0) is 19.8. The van der Waals surface area contributed by atoms with Crippen LogP contribution in [0.2, 0.25) is 0 Å². The molecule has 0 radical (unpaired) electrons. The Morgan fingerprint density at radius 2 is 2.07 bits per heavy atom. The van der Waals surface area contributed by atoms with Crippen LogP contribution < -0.4 is 10.2 Å². The summed E-state index contributed by atoms with van der Waals surface area (Å²) in [4.78, 5) is 27.1. The van der Waals surface area contributed by atoms with Crippen molar-refractivity contribution in [3.05, 3.63) is 29.8 Å². The van der Waals surface area contributed by atoms with E-state index < -0.39 is 21.3 Å². The number of para-hydroxylation sites is 1.